The number of anilines is 1. The van der Waals surface area contributed by atoms with Crippen LogP contribution in [0.4, 0.5) is 5.69 Å². The van der Waals surface area contributed by atoms with Crippen LogP contribution < -0.4 is 15.2 Å². The van der Waals surface area contributed by atoms with Gasteiger partial charge in [0.15, 0.2) is 0 Å². The van der Waals surface area contributed by atoms with Gasteiger partial charge in [0, 0.05) is 5.69 Å². The molecule has 3 aromatic carbocycles. The number of nitrogens with one attached hydrogen (secondary N) is 2. The highest BCUT2D eigenvalue weighted by molar-refractivity contribution is 7.89. The Labute approximate surface area is 168 Å². The summed E-state index contributed by atoms with van der Waals surface area (Å²) < 4.78 is 50.1. The molecule has 1 atom stereocenters. The lowest BCUT2D eigenvalue weighted by molar-refractivity contribution is -0.117. The van der Waals surface area contributed by atoms with E-state index in [-0.39, 0.29) is 9.79 Å². The van der Waals surface area contributed by atoms with E-state index in [0.717, 1.165) is 10.8 Å². The Morgan fingerprint density at radius 2 is 1.45 bits per heavy atom. The van der Waals surface area contributed by atoms with E-state index >= 15 is 0 Å². The molecule has 0 aromatic heterocycles. The minimum absolute atomic E-state index is 0.0494. The monoisotopic (exact) mass is 433 g/mol. The highest BCUT2D eigenvalue weighted by atomic mass is 32.2. The zero-order valence-electron chi connectivity index (χ0n) is 15.4. The number of carbonyl (C=O) groups is 1. The molecule has 0 aliphatic rings. The predicted octanol–water partition coefficient (Wildman–Crippen LogP) is 1.79. The van der Waals surface area contributed by atoms with E-state index in [2.05, 4.69) is 10.0 Å². The van der Waals surface area contributed by atoms with E-state index in [1.165, 1.54) is 43.3 Å². The van der Waals surface area contributed by atoms with Gasteiger partial charge < -0.3 is 5.32 Å². The molecule has 0 aliphatic carbocycles. The molecule has 3 rings (SSSR count). The lowest BCUT2D eigenvalue weighted by Gasteiger charge is -2.15. The van der Waals surface area contributed by atoms with Crippen molar-refractivity contribution in [2.75, 3.05) is 5.32 Å². The Kier molecular flexibility index (Phi) is 5.71. The van der Waals surface area contributed by atoms with Crippen LogP contribution in [0.15, 0.2) is 76.5 Å². The molecule has 4 N–H and O–H groups in total. The maximum Gasteiger partial charge on any atom is 0.242 e. The lowest BCUT2D eigenvalue weighted by Crippen LogP contribution is -2.41. The molecule has 1 amide bonds. The van der Waals surface area contributed by atoms with Crippen LogP contribution in [0.5, 0.6) is 0 Å². The lowest BCUT2D eigenvalue weighted by atomic mass is 10.1. The zero-order chi connectivity index (χ0) is 21.2. The number of sulfonamides is 2. The SMILES string of the molecule is C[C@@H](NS(=O)(=O)c1ccc2ccccc2c1)C(=O)Nc1ccc(S(N)(=O)=O)cc1. The fourth-order valence-corrected chi connectivity index (χ4v) is 4.42. The average molecular weight is 434 g/mol. The van der Waals surface area contributed by atoms with Crippen molar-refractivity contribution in [3.05, 3.63) is 66.7 Å². The minimum Gasteiger partial charge on any atom is -0.325 e. The quantitative estimate of drug-likeness (QED) is 0.545. The van der Waals surface area contributed by atoms with Gasteiger partial charge in [0.25, 0.3) is 0 Å². The number of nitrogens with two attached hydrogens (primary N) is 1. The maximum absolute atomic E-state index is 12.6. The van der Waals surface area contributed by atoms with Gasteiger partial charge in [-0.3, -0.25) is 4.79 Å². The van der Waals surface area contributed by atoms with E-state index in [4.69, 9.17) is 5.14 Å². The number of hydrogen-bond acceptors (Lipinski definition) is 5. The van der Waals surface area contributed by atoms with Gasteiger partial charge in [0.1, 0.15) is 0 Å². The van der Waals surface area contributed by atoms with Gasteiger partial charge in [-0.25, -0.2) is 22.0 Å². The smallest absolute Gasteiger partial charge is 0.242 e. The Balaban J connectivity index is 1.72. The second kappa shape index (κ2) is 7.91. The summed E-state index contributed by atoms with van der Waals surface area (Å²) in [5.74, 6) is -0.599. The summed E-state index contributed by atoms with van der Waals surface area (Å²) in [5.41, 5.74) is 0.305. The average Bonchev–Trinajstić information content (AvgIpc) is 2.67. The third kappa shape index (κ3) is 4.98. The van der Waals surface area contributed by atoms with Crippen molar-refractivity contribution in [3.8, 4) is 0 Å². The second-order valence-corrected chi connectivity index (χ2v) is 9.69. The number of rotatable bonds is 6. The highest BCUT2D eigenvalue weighted by Gasteiger charge is 2.22. The molecule has 0 spiro atoms. The topological polar surface area (TPSA) is 135 Å². The third-order valence-corrected chi connectivity index (χ3v) is 6.67. The number of carbonyl (C=O) groups excluding carboxylic acids is 1. The summed E-state index contributed by atoms with van der Waals surface area (Å²) in [6, 6.07) is 16.2. The first-order chi connectivity index (χ1) is 13.6. The fourth-order valence-electron chi connectivity index (χ4n) is 2.67. The van der Waals surface area contributed by atoms with Crippen LogP contribution in [-0.2, 0) is 24.8 Å². The predicted molar refractivity (Wildman–Crippen MR) is 110 cm³/mol. The molecule has 152 valence electrons. The number of primary sulfonamides is 1. The Hall–Kier alpha value is -2.79. The molecule has 29 heavy (non-hydrogen) atoms. The largest absolute Gasteiger partial charge is 0.325 e. The van der Waals surface area contributed by atoms with Crippen molar-refractivity contribution in [1.29, 1.82) is 0 Å². The first kappa shape index (κ1) is 20.9. The first-order valence-corrected chi connectivity index (χ1v) is 11.5. The van der Waals surface area contributed by atoms with Gasteiger partial charge >= 0.3 is 0 Å². The number of hydrogen-bond donors (Lipinski definition) is 3. The van der Waals surface area contributed by atoms with Crippen LogP contribution in [0.25, 0.3) is 10.8 Å². The molecule has 0 bridgehead atoms. The van der Waals surface area contributed by atoms with Crippen molar-refractivity contribution in [2.24, 2.45) is 5.14 Å². The molecule has 0 fully saturated rings. The summed E-state index contributed by atoms with van der Waals surface area (Å²) in [6.07, 6.45) is 0. The van der Waals surface area contributed by atoms with Crippen molar-refractivity contribution in [2.45, 2.75) is 22.8 Å². The van der Waals surface area contributed by atoms with Crippen LogP contribution >= 0.6 is 0 Å². The molecule has 0 saturated carbocycles. The molecule has 0 unspecified atom stereocenters. The minimum atomic E-state index is -3.92. The van der Waals surface area contributed by atoms with Crippen molar-refractivity contribution in [3.63, 3.8) is 0 Å². The highest BCUT2D eigenvalue weighted by Crippen LogP contribution is 2.19. The molecule has 8 nitrogen and oxygen atoms in total. The molecular formula is C19H19N3O5S2. The van der Waals surface area contributed by atoms with Gasteiger partial charge in [-0.15, -0.1) is 0 Å². The standard InChI is InChI=1S/C19H19N3O5S2/c1-13(19(23)21-16-7-10-17(11-8-16)28(20,24)25)22-29(26,27)18-9-6-14-4-2-3-5-15(14)12-18/h2-13,22H,1H3,(H,21,23)(H2,20,24,25)/t13-/m1/s1. The van der Waals surface area contributed by atoms with Gasteiger partial charge in [0.05, 0.1) is 15.8 Å². The Morgan fingerprint density at radius 1 is 0.862 bits per heavy atom. The van der Waals surface area contributed by atoms with Gasteiger partial charge in [-0.2, -0.15) is 4.72 Å². The Morgan fingerprint density at radius 3 is 2.07 bits per heavy atom. The normalized spacial score (nSPS) is 13.2. The molecule has 0 aliphatic heterocycles. The van der Waals surface area contributed by atoms with Crippen LogP contribution in [0.1, 0.15) is 6.92 Å². The van der Waals surface area contributed by atoms with Crippen LogP contribution in [-0.4, -0.2) is 28.8 Å². The zero-order valence-corrected chi connectivity index (χ0v) is 17.0. The summed E-state index contributed by atoms with van der Waals surface area (Å²) in [4.78, 5) is 12.3. The van der Waals surface area contributed by atoms with Crippen LogP contribution in [0.3, 0.4) is 0 Å². The summed E-state index contributed by atoms with van der Waals surface area (Å²) in [6.45, 7) is 1.41. The van der Waals surface area contributed by atoms with Crippen LogP contribution in [0.2, 0.25) is 0 Å². The summed E-state index contributed by atoms with van der Waals surface area (Å²) in [5, 5.41) is 9.22. The van der Waals surface area contributed by atoms with Crippen molar-refractivity contribution >= 4 is 42.4 Å². The van der Waals surface area contributed by atoms with Crippen LogP contribution in [0, 0.1) is 0 Å². The van der Waals surface area contributed by atoms with E-state index < -0.39 is 32.0 Å². The first-order valence-electron chi connectivity index (χ1n) is 8.51. The van der Waals surface area contributed by atoms with Crippen molar-refractivity contribution < 1.29 is 21.6 Å². The fraction of sp³-hybridized carbons (Fsp3) is 0.105. The van der Waals surface area contributed by atoms with E-state index in [9.17, 15) is 21.6 Å². The Bertz CT molecular complexity index is 1270. The van der Waals surface area contributed by atoms with E-state index in [1.54, 1.807) is 12.1 Å². The number of fused-ring (bicyclic) bond motifs is 1. The molecule has 0 heterocycles. The number of benzene rings is 3. The molecular weight excluding hydrogens is 414 g/mol. The van der Waals surface area contributed by atoms with Gasteiger partial charge in [0.2, 0.25) is 26.0 Å². The van der Waals surface area contributed by atoms with E-state index in [0.29, 0.717) is 5.69 Å². The van der Waals surface area contributed by atoms with Gasteiger partial charge in [-0.1, -0.05) is 30.3 Å². The summed E-state index contributed by atoms with van der Waals surface area (Å²) >= 11 is 0. The molecule has 0 saturated heterocycles. The molecule has 10 heteroatoms. The molecule has 0 radical (unpaired) electrons. The third-order valence-electron chi connectivity index (χ3n) is 4.21. The maximum atomic E-state index is 12.6. The number of amides is 1. The van der Waals surface area contributed by atoms with Gasteiger partial charge in [-0.05, 0) is 54.1 Å². The van der Waals surface area contributed by atoms with E-state index in [1.807, 2.05) is 18.2 Å². The molecule has 3 aromatic rings. The second-order valence-electron chi connectivity index (χ2n) is 6.41. The summed E-state index contributed by atoms with van der Waals surface area (Å²) in [7, 11) is -7.76. The van der Waals surface area contributed by atoms with Crippen molar-refractivity contribution in [1.82, 2.24) is 4.72 Å².